The van der Waals surface area contributed by atoms with Crippen LogP contribution in [0.15, 0.2) is 74.7 Å². The summed E-state index contributed by atoms with van der Waals surface area (Å²) in [5.74, 6) is -2.94. The lowest BCUT2D eigenvalue weighted by Crippen LogP contribution is -2.71. The third-order valence-corrected chi connectivity index (χ3v) is 9.84. The molecule has 1 aromatic carbocycles. The van der Waals surface area contributed by atoms with Crippen molar-refractivity contribution < 1.29 is 24.3 Å². The Kier molecular flexibility index (Phi) is 8.22. The van der Waals surface area contributed by atoms with Gasteiger partial charge in [-0.25, -0.2) is 9.48 Å². The molecule has 3 atom stereocenters. The van der Waals surface area contributed by atoms with Crippen molar-refractivity contribution in [2.45, 2.75) is 21.8 Å². The monoisotopic (exact) mass is 652 g/mol. The number of thioether (sulfide) groups is 2. The molecule has 224 valence electrons. The molecule has 5 heterocycles. The predicted octanol–water partition coefficient (Wildman–Crippen LogP) is 0.204. The van der Waals surface area contributed by atoms with Gasteiger partial charge in [-0.2, -0.15) is 5.10 Å². The molecule has 3 aromatic heterocycles. The van der Waals surface area contributed by atoms with Crippen LogP contribution in [0.4, 0.5) is 0 Å². The first-order valence-corrected chi connectivity index (χ1v) is 15.7. The van der Waals surface area contributed by atoms with Crippen molar-refractivity contribution in [2.75, 3.05) is 11.5 Å². The van der Waals surface area contributed by atoms with Gasteiger partial charge in [0.05, 0.1) is 0 Å². The molecule has 0 spiro atoms. The number of nitrogens with zero attached hydrogens (tertiary/aromatic N) is 7. The second-order valence-corrected chi connectivity index (χ2v) is 12.4. The van der Waals surface area contributed by atoms with Crippen LogP contribution in [0.1, 0.15) is 22.1 Å². The summed E-state index contributed by atoms with van der Waals surface area (Å²) in [5, 5.41) is 33.6. The molecular weight excluding hydrogens is 633 g/mol. The van der Waals surface area contributed by atoms with Crippen LogP contribution in [0, 0.1) is 0 Å². The van der Waals surface area contributed by atoms with Crippen LogP contribution in [0.5, 0.6) is 0 Å². The van der Waals surface area contributed by atoms with Gasteiger partial charge in [0.2, 0.25) is 11.6 Å². The molecule has 0 saturated carbocycles. The summed E-state index contributed by atoms with van der Waals surface area (Å²) in [6.07, 6.45) is 3.00. The molecule has 0 bridgehead atoms. The minimum absolute atomic E-state index is 0.0105. The number of carboxylic acids is 1. The quantitative estimate of drug-likeness (QED) is 0.133. The summed E-state index contributed by atoms with van der Waals surface area (Å²) in [6.45, 7) is 0. The number of carboxylic acid groups (broad SMARTS) is 1. The van der Waals surface area contributed by atoms with E-state index in [-0.39, 0.29) is 11.6 Å². The van der Waals surface area contributed by atoms with Crippen molar-refractivity contribution in [1.29, 1.82) is 0 Å². The zero-order chi connectivity index (χ0) is 30.8. The molecule has 2 aliphatic rings. The van der Waals surface area contributed by atoms with Crippen LogP contribution in [-0.2, 0) is 14.4 Å². The van der Waals surface area contributed by atoms with Gasteiger partial charge in [-0.15, -0.1) is 32.2 Å². The number of H-pyrrole nitrogens is 1. The number of rotatable bonds is 10. The number of fused-ring (bicyclic) bond motifs is 1. The van der Waals surface area contributed by atoms with Crippen LogP contribution < -0.4 is 16.2 Å². The molecule has 19 heteroatoms. The van der Waals surface area contributed by atoms with Crippen LogP contribution in [0.25, 0.3) is 5.95 Å². The Labute approximate surface area is 259 Å². The number of aromatic amines is 1. The second-order valence-electron chi connectivity index (χ2n) is 9.24. The van der Waals surface area contributed by atoms with Crippen molar-refractivity contribution in [3.05, 3.63) is 87.2 Å². The van der Waals surface area contributed by atoms with Gasteiger partial charge in [0, 0.05) is 23.9 Å². The number of hydrogen-bond donors (Lipinski definition) is 4. The molecule has 2 unspecified atom stereocenters. The zero-order valence-electron chi connectivity index (χ0n) is 22.2. The van der Waals surface area contributed by atoms with Gasteiger partial charge in [-0.05, 0) is 17.2 Å². The van der Waals surface area contributed by atoms with Crippen molar-refractivity contribution in [2.24, 2.45) is 0 Å². The fourth-order valence-corrected chi connectivity index (χ4v) is 7.50. The first kappa shape index (κ1) is 29.2. The predicted molar refractivity (Wildman–Crippen MR) is 157 cm³/mol. The number of carbonyl (C=O) groups excluding carboxylic acids is 3. The fraction of sp³-hybridized carbons (Fsp3) is 0.200. The van der Waals surface area contributed by atoms with Gasteiger partial charge in [0.25, 0.3) is 23.3 Å². The van der Waals surface area contributed by atoms with Gasteiger partial charge < -0.3 is 15.7 Å². The Bertz CT molecular complexity index is 1810. The molecule has 16 nitrogen and oxygen atoms in total. The van der Waals surface area contributed by atoms with Crippen LogP contribution in [-0.4, -0.2) is 91.8 Å². The van der Waals surface area contributed by atoms with E-state index in [9.17, 15) is 29.1 Å². The highest BCUT2D eigenvalue weighted by molar-refractivity contribution is 8.01. The number of aromatic nitrogens is 7. The molecule has 2 aliphatic heterocycles. The lowest BCUT2D eigenvalue weighted by Gasteiger charge is -2.49. The molecule has 1 fully saturated rings. The number of β-lactam (4-membered cyclic amide) rings is 1. The Morgan fingerprint density at radius 1 is 1.14 bits per heavy atom. The Hall–Kier alpha value is -4.88. The van der Waals surface area contributed by atoms with E-state index in [0.717, 1.165) is 0 Å². The van der Waals surface area contributed by atoms with E-state index < -0.39 is 52.4 Å². The number of nitrogens with one attached hydrogen (secondary N) is 3. The highest BCUT2D eigenvalue weighted by atomic mass is 32.2. The Morgan fingerprint density at radius 2 is 1.95 bits per heavy atom. The molecule has 3 amide bonds. The van der Waals surface area contributed by atoms with E-state index in [1.165, 1.54) is 56.8 Å². The zero-order valence-corrected chi connectivity index (χ0v) is 24.6. The molecule has 0 radical (unpaired) electrons. The van der Waals surface area contributed by atoms with Crippen LogP contribution >= 0.6 is 34.9 Å². The van der Waals surface area contributed by atoms with E-state index in [0.29, 0.717) is 27.0 Å². The topological polar surface area (TPSA) is 218 Å². The van der Waals surface area contributed by atoms with E-state index >= 15 is 0 Å². The lowest BCUT2D eigenvalue weighted by molar-refractivity contribution is -0.151. The summed E-state index contributed by atoms with van der Waals surface area (Å²) < 4.78 is 1.93. The average molecular weight is 653 g/mol. The summed E-state index contributed by atoms with van der Waals surface area (Å²) in [7, 11) is 0. The standard InChI is InChI=1S/C25H20N10O6S3/c36-18(29-16-21(39)35-17(23(40)41)13(9-42-22(16)35)10-43-25-33-26-11-44-25)14(12-5-2-1-3-6-12)28-19(37)15-20(38)30-24(32-31-15)34-8-4-7-27-34/h1-8,11,14,16,22H,9-10H2,(H,28,37)(H,29,36)(H,40,41)(H,30,32,38)/t14?,16?,22-/m0/s1. The first-order chi connectivity index (χ1) is 21.3. The number of amides is 3. The SMILES string of the molecule is O=C(O)C1=C(CSc2nncs2)CS[C@H]2C(NC(=O)C(NC(=O)c3nnc(-n4cccn4)[nH]c3=O)c3ccccc3)C(=O)N12. The largest absolute Gasteiger partial charge is 0.477 e. The second kappa shape index (κ2) is 12.4. The third-order valence-electron chi connectivity index (χ3n) is 6.55. The van der Waals surface area contributed by atoms with Gasteiger partial charge in [0.1, 0.15) is 28.7 Å². The maximum atomic E-state index is 13.6. The van der Waals surface area contributed by atoms with Crippen LogP contribution in [0.3, 0.4) is 0 Å². The van der Waals surface area contributed by atoms with E-state index in [1.54, 1.807) is 41.9 Å². The lowest BCUT2D eigenvalue weighted by atomic mass is 10.0. The third kappa shape index (κ3) is 5.71. The molecule has 1 saturated heterocycles. The highest BCUT2D eigenvalue weighted by Crippen LogP contribution is 2.41. The molecule has 6 rings (SSSR count). The van der Waals surface area contributed by atoms with E-state index in [1.807, 2.05) is 0 Å². The fourth-order valence-electron chi connectivity index (χ4n) is 4.53. The Morgan fingerprint density at radius 3 is 2.64 bits per heavy atom. The van der Waals surface area contributed by atoms with Gasteiger partial charge in [-0.3, -0.25) is 29.1 Å². The summed E-state index contributed by atoms with van der Waals surface area (Å²) >= 11 is 3.97. The van der Waals surface area contributed by atoms with E-state index in [4.69, 9.17) is 0 Å². The van der Waals surface area contributed by atoms with Gasteiger partial charge in [0.15, 0.2) is 4.34 Å². The van der Waals surface area contributed by atoms with Crippen molar-refractivity contribution in [3.63, 3.8) is 0 Å². The van der Waals surface area contributed by atoms with Crippen molar-refractivity contribution in [1.82, 2.24) is 50.7 Å². The van der Waals surface area contributed by atoms with Crippen molar-refractivity contribution >= 4 is 58.6 Å². The van der Waals surface area contributed by atoms with Crippen molar-refractivity contribution in [3.8, 4) is 5.95 Å². The highest BCUT2D eigenvalue weighted by Gasteiger charge is 2.54. The number of benzene rings is 1. The molecule has 44 heavy (non-hydrogen) atoms. The maximum absolute atomic E-state index is 13.6. The Balaban J connectivity index is 1.18. The molecule has 4 aromatic rings. The number of aliphatic carboxylic acids is 1. The van der Waals surface area contributed by atoms with E-state index in [2.05, 4.69) is 41.1 Å². The molecule has 4 N–H and O–H groups in total. The maximum Gasteiger partial charge on any atom is 0.352 e. The van der Waals surface area contributed by atoms with Crippen LogP contribution in [0.2, 0.25) is 0 Å². The summed E-state index contributed by atoms with van der Waals surface area (Å²) in [4.78, 5) is 68.3. The minimum atomic E-state index is -1.32. The summed E-state index contributed by atoms with van der Waals surface area (Å²) in [6, 6.07) is 7.48. The summed E-state index contributed by atoms with van der Waals surface area (Å²) in [5.41, 5.74) is 0.937. The number of hydrogen-bond acceptors (Lipinski definition) is 13. The first-order valence-electron chi connectivity index (χ1n) is 12.7. The normalized spacial score (nSPS) is 18.3. The number of carbonyl (C=O) groups is 4. The van der Waals surface area contributed by atoms with Gasteiger partial charge >= 0.3 is 5.97 Å². The minimum Gasteiger partial charge on any atom is -0.477 e. The molecular formula is C25H20N10O6S3. The smallest absolute Gasteiger partial charge is 0.352 e. The molecule has 0 aliphatic carbocycles. The van der Waals surface area contributed by atoms with Gasteiger partial charge in [-0.1, -0.05) is 53.4 Å². The average Bonchev–Trinajstić information content (AvgIpc) is 3.76.